The molecule has 1 aromatic rings. The average molecular weight is 332 g/mol. The molecule has 0 unspecified atom stereocenters. The van der Waals surface area contributed by atoms with Gasteiger partial charge in [0.2, 0.25) is 12.0 Å². The predicted molar refractivity (Wildman–Crippen MR) is 91.6 cm³/mol. The van der Waals surface area contributed by atoms with Crippen LogP contribution in [0, 0.1) is 0 Å². The summed E-state index contributed by atoms with van der Waals surface area (Å²) >= 11 is 0. The maximum absolute atomic E-state index is 12.2. The number of amides is 2. The second kappa shape index (κ2) is 8.44. The van der Waals surface area contributed by atoms with Crippen LogP contribution < -0.4 is 10.6 Å². The molecule has 130 valence electrons. The SMILES string of the molecule is C[C@H](NC(=O)[C@H]1CC(c2ccccc2)=NO1)C(=O)NCCN(C)C. The lowest BCUT2D eigenvalue weighted by Gasteiger charge is -2.17. The zero-order chi connectivity index (χ0) is 17.5. The van der Waals surface area contributed by atoms with E-state index in [0.717, 1.165) is 17.8 Å². The van der Waals surface area contributed by atoms with Crippen LogP contribution in [0.3, 0.4) is 0 Å². The lowest BCUT2D eigenvalue weighted by Crippen LogP contribution is -2.49. The maximum atomic E-state index is 12.2. The first-order valence-corrected chi connectivity index (χ1v) is 7.98. The largest absolute Gasteiger partial charge is 0.382 e. The van der Waals surface area contributed by atoms with Gasteiger partial charge in [0.25, 0.3) is 5.91 Å². The molecule has 0 spiro atoms. The summed E-state index contributed by atoms with van der Waals surface area (Å²) in [6.07, 6.45) is -0.303. The van der Waals surface area contributed by atoms with Gasteiger partial charge in [0.15, 0.2) is 0 Å². The highest BCUT2D eigenvalue weighted by molar-refractivity contribution is 6.04. The number of nitrogens with one attached hydrogen (secondary N) is 2. The van der Waals surface area contributed by atoms with Gasteiger partial charge in [-0.15, -0.1) is 0 Å². The molecule has 1 aromatic carbocycles. The standard InChI is InChI=1S/C17H24N4O3/c1-12(16(22)18-9-10-21(2)3)19-17(23)15-11-14(20-24-15)13-7-5-4-6-8-13/h4-8,12,15H,9-11H2,1-3H3,(H,18,22)(H,19,23)/t12-,15+/m0/s1. The molecule has 0 aromatic heterocycles. The van der Waals surface area contributed by atoms with Gasteiger partial charge in [-0.25, -0.2) is 0 Å². The molecule has 2 rings (SSSR count). The van der Waals surface area contributed by atoms with E-state index in [0.29, 0.717) is 13.0 Å². The van der Waals surface area contributed by atoms with Gasteiger partial charge in [0.05, 0.1) is 5.71 Å². The Morgan fingerprint density at radius 1 is 1.33 bits per heavy atom. The first-order chi connectivity index (χ1) is 11.5. The summed E-state index contributed by atoms with van der Waals surface area (Å²) in [6.45, 7) is 2.93. The number of rotatable bonds is 7. The van der Waals surface area contributed by atoms with Crippen molar-refractivity contribution in [3.63, 3.8) is 0 Å². The quantitative estimate of drug-likeness (QED) is 0.755. The summed E-state index contributed by atoms with van der Waals surface area (Å²) < 4.78 is 0. The molecular formula is C17H24N4O3. The summed E-state index contributed by atoms with van der Waals surface area (Å²) in [4.78, 5) is 31.4. The van der Waals surface area contributed by atoms with E-state index < -0.39 is 12.1 Å². The average Bonchev–Trinajstić information content (AvgIpc) is 3.05. The van der Waals surface area contributed by atoms with Crippen molar-refractivity contribution in [3.8, 4) is 0 Å². The Kier molecular flexibility index (Phi) is 6.31. The van der Waals surface area contributed by atoms with E-state index >= 15 is 0 Å². The van der Waals surface area contributed by atoms with Crippen molar-refractivity contribution in [2.24, 2.45) is 5.16 Å². The van der Waals surface area contributed by atoms with Crippen LogP contribution in [0.4, 0.5) is 0 Å². The van der Waals surface area contributed by atoms with E-state index in [4.69, 9.17) is 4.84 Å². The summed E-state index contributed by atoms with van der Waals surface area (Å²) in [5, 5.41) is 9.43. The van der Waals surface area contributed by atoms with Gasteiger partial charge in [0.1, 0.15) is 6.04 Å². The fourth-order valence-corrected chi connectivity index (χ4v) is 2.25. The lowest BCUT2D eigenvalue weighted by atomic mass is 10.0. The summed E-state index contributed by atoms with van der Waals surface area (Å²) in [7, 11) is 3.86. The third-order valence-corrected chi connectivity index (χ3v) is 3.68. The molecule has 2 amide bonds. The van der Waals surface area contributed by atoms with Gasteiger partial charge < -0.3 is 20.4 Å². The van der Waals surface area contributed by atoms with Gasteiger partial charge in [-0.2, -0.15) is 0 Å². The summed E-state index contributed by atoms with van der Waals surface area (Å²) in [6, 6.07) is 8.95. The van der Waals surface area contributed by atoms with Gasteiger partial charge in [-0.3, -0.25) is 9.59 Å². The van der Waals surface area contributed by atoms with Crippen LogP contribution in [-0.4, -0.2) is 61.8 Å². The van der Waals surface area contributed by atoms with Crippen LogP contribution in [0.25, 0.3) is 0 Å². The Hall–Kier alpha value is -2.41. The number of hydrogen-bond donors (Lipinski definition) is 2. The maximum Gasteiger partial charge on any atom is 0.264 e. The van der Waals surface area contributed by atoms with Crippen molar-refractivity contribution in [1.29, 1.82) is 0 Å². The van der Waals surface area contributed by atoms with E-state index in [9.17, 15) is 9.59 Å². The third-order valence-electron chi connectivity index (χ3n) is 3.68. The fraction of sp³-hybridized carbons (Fsp3) is 0.471. The van der Waals surface area contributed by atoms with E-state index in [1.807, 2.05) is 49.3 Å². The van der Waals surface area contributed by atoms with Crippen LogP contribution in [0.15, 0.2) is 35.5 Å². The number of likely N-dealkylation sites (N-methyl/N-ethyl adjacent to an activating group) is 1. The smallest absolute Gasteiger partial charge is 0.264 e. The van der Waals surface area contributed by atoms with Gasteiger partial charge in [-0.1, -0.05) is 35.5 Å². The van der Waals surface area contributed by atoms with Crippen molar-refractivity contribution >= 4 is 17.5 Å². The molecule has 2 atom stereocenters. The molecule has 24 heavy (non-hydrogen) atoms. The molecule has 0 saturated heterocycles. The highest BCUT2D eigenvalue weighted by atomic mass is 16.6. The zero-order valence-corrected chi connectivity index (χ0v) is 14.3. The molecule has 0 bridgehead atoms. The van der Waals surface area contributed by atoms with Crippen molar-refractivity contribution in [3.05, 3.63) is 35.9 Å². The minimum absolute atomic E-state index is 0.215. The van der Waals surface area contributed by atoms with Crippen LogP contribution in [0.2, 0.25) is 0 Å². The molecule has 7 nitrogen and oxygen atoms in total. The van der Waals surface area contributed by atoms with E-state index in [2.05, 4.69) is 15.8 Å². The second-order valence-electron chi connectivity index (χ2n) is 6.03. The minimum atomic E-state index is -0.697. The molecule has 0 aliphatic carbocycles. The Balaban J connectivity index is 1.78. The third kappa shape index (κ3) is 5.06. The molecule has 0 fully saturated rings. The first kappa shape index (κ1) is 17.9. The monoisotopic (exact) mass is 332 g/mol. The number of carbonyl (C=O) groups excluding carboxylic acids is 2. The van der Waals surface area contributed by atoms with Gasteiger partial charge in [0, 0.05) is 19.5 Å². The van der Waals surface area contributed by atoms with Crippen LogP contribution in [-0.2, 0) is 14.4 Å². The second-order valence-corrected chi connectivity index (χ2v) is 6.03. The van der Waals surface area contributed by atoms with Crippen LogP contribution in [0.1, 0.15) is 18.9 Å². The highest BCUT2D eigenvalue weighted by Gasteiger charge is 2.30. The minimum Gasteiger partial charge on any atom is -0.382 e. The van der Waals surface area contributed by atoms with Gasteiger partial charge >= 0.3 is 0 Å². The lowest BCUT2D eigenvalue weighted by molar-refractivity contribution is -0.135. The Labute approximate surface area is 142 Å². The Bertz CT molecular complexity index is 601. The molecular weight excluding hydrogens is 308 g/mol. The molecule has 1 aliphatic heterocycles. The fourth-order valence-electron chi connectivity index (χ4n) is 2.25. The van der Waals surface area contributed by atoms with E-state index in [1.54, 1.807) is 6.92 Å². The van der Waals surface area contributed by atoms with Crippen molar-refractivity contribution in [2.75, 3.05) is 27.2 Å². The van der Waals surface area contributed by atoms with Crippen LogP contribution in [0.5, 0.6) is 0 Å². The number of hydrogen-bond acceptors (Lipinski definition) is 5. The number of carbonyl (C=O) groups is 2. The molecule has 0 saturated carbocycles. The number of benzene rings is 1. The van der Waals surface area contributed by atoms with Gasteiger partial charge in [-0.05, 0) is 26.6 Å². The summed E-state index contributed by atoms with van der Waals surface area (Å²) in [5.41, 5.74) is 1.67. The Morgan fingerprint density at radius 2 is 2.04 bits per heavy atom. The number of nitrogens with zero attached hydrogens (tertiary/aromatic N) is 2. The molecule has 0 radical (unpaired) electrons. The summed E-state index contributed by atoms with van der Waals surface area (Å²) in [5.74, 6) is -0.549. The normalized spacial score (nSPS) is 17.8. The van der Waals surface area contributed by atoms with Crippen molar-refractivity contribution in [1.82, 2.24) is 15.5 Å². The van der Waals surface area contributed by atoms with Crippen molar-refractivity contribution in [2.45, 2.75) is 25.5 Å². The molecule has 2 N–H and O–H groups in total. The van der Waals surface area contributed by atoms with Crippen LogP contribution >= 0.6 is 0 Å². The number of oxime groups is 1. The highest BCUT2D eigenvalue weighted by Crippen LogP contribution is 2.16. The molecule has 7 heteroatoms. The molecule has 1 heterocycles. The van der Waals surface area contributed by atoms with E-state index in [-0.39, 0.29) is 11.8 Å². The zero-order valence-electron chi connectivity index (χ0n) is 14.3. The van der Waals surface area contributed by atoms with E-state index in [1.165, 1.54) is 0 Å². The topological polar surface area (TPSA) is 83.0 Å². The van der Waals surface area contributed by atoms with Crippen molar-refractivity contribution < 1.29 is 14.4 Å². The molecule has 1 aliphatic rings. The Morgan fingerprint density at radius 3 is 2.71 bits per heavy atom. The first-order valence-electron chi connectivity index (χ1n) is 7.98. The predicted octanol–water partition coefficient (Wildman–Crippen LogP) is 0.362.